The number of ether oxygens (including phenoxy) is 1. The van der Waals surface area contributed by atoms with Crippen molar-refractivity contribution in [2.45, 2.75) is 31.9 Å². The zero-order valence-corrected chi connectivity index (χ0v) is 10.4. The molecular weight excluding hydrogens is 274 g/mol. The SMILES string of the molecule is O=C(O)c1cc(Br)n(CC2CCCCO2)c1. The first kappa shape index (κ1) is 11.7. The van der Waals surface area contributed by atoms with Crippen LogP contribution in [0.25, 0.3) is 0 Å². The van der Waals surface area contributed by atoms with Crippen molar-refractivity contribution in [3.8, 4) is 0 Å². The Morgan fingerprint density at radius 1 is 1.62 bits per heavy atom. The summed E-state index contributed by atoms with van der Waals surface area (Å²) in [4.78, 5) is 10.8. The number of aromatic carboxylic acids is 1. The van der Waals surface area contributed by atoms with Crippen molar-refractivity contribution in [3.63, 3.8) is 0 Å². The molecule has 16 heavy (non-hydrogen) atoms. The van der Waals surface area contributed by atoms with Gasteiger partial charge in [0, 0.05) is 19.3 Å². The van der Waals surface area contributed by atoms with Crippen LogP contribution in [0.5, 0.6) is 0 Å². The summed E-state index contributed by atoms with van der Waals surface area (Å²) in [5.74, 6) is -0.899. The number of halogens is 1. The van der Waals surface area contributed by atoms with Crippen LogP contribution in [0.1, 0.15) is 29.6 Å². The van der Waals surface area contributed by atoms with Gasteiger partial charge in [-0.15, -0.1) is 0 Å². The number of rotatable bonds is 3. The molecule has 0 aromatic carbocycles. The van der Waals surface area contributed by atoms with E-state index >= 15 is 0 Å². The van der Waals surface area contributed by atoms with Crippen molar-refractivity contribution in [3.05, 3.63) is 22.4 Å². The fraction of sp³-hybridized carbons (Fsp3) is 0.545. The topological polar surface area (TPSA) is 51.5 Å². The number of hydrogen-bond donors (Lipinski definition) is 1. The molecule has 1 aromatic rings. The molecule has 1 aliphatic heterocycles. The average molecular weight is 288 g/mol. The standard InChI is InChI=1S/C11H14BrNO3/c12-10-5-8(11(14)15)6-13(10)7-9-3-1-2-4-16-9/h5-6,9H,1-4,7H2,(H,14,15). The van der Waals surface area contributed by atoms with Gasteiger partial charge in [-0.25, -0.2) is 4.79 Å². The Morgan fingerprint density at radius 2 is 2.44 bits per heavy atom. The molecule has 0 spiro atoms. The molecule has 0 radical (unpaired) electrons. The summed E-state index contributed by atoms with van der Waals surface area (Å²) in [5, 5.41) is 8.86. The van der Waals surface area contributed by atoms with Crippen molar-refractivity contribution in [1.82, 2.24) is 4.57 Å². The quantitative estimate of drug-likeness (QED) is 0.929. The van der Waals surface area contributed by atoms with Crippen LogP contribution in [0.15, 0.2) is 16.9 Å². The van der Waals surface area contributed by atoms with Gasteiger partial charge in [-0.2, -0.15) is 0 Å². The fourth-order valence-electron chi connectivity index (χ4n) is 1.91. The van der Waals surface area contributed by atoms with E-state index in [1.54, 1.807) is 12.3 Å². The molecule has 2 rings (SSSR count). The minimum atomic E-state index is -0.899. The van der Waals surface area contributed by atoms with E-state index in [0.29, 0.717) is 12.1 Å². The predicted octanol–water partition coefficient (Wildman–Crippen LogP) is 2.52. The maximum atomic E-state index is 10.8. The van der Waals surface area contributed by atoms with E-state index in [0.717, 1.165) is 24.1 Å². The minimum Gasteiger partial charge on any atom is -0.478 e. The van der Waals surface area contributed by atoms with Gasteiger partial charge in [0.05, 0.1) is 16.3 Å². The molecule has 88 valence electrons. The molecule has 1 aromatic heterocycles. The lowest BCUT2D eigenvalue weighted by Crippen LogP contribution is -2.24. The summed E-state index contributed by atoms with van der Waals surface area (Å²) >= 11 is 3.36. The number of aromatic nitrogens is 1. The summed E-state index contributed by atoms with van der Waals surface area (Å²) in [6.45, 7) is 1.53. The molecule has 0 bridgehead atoms. The van der Waals surface area contributed by atoms with Gasteiger partial charge in [0.2, 0.25) is 0 Å². The normalized spacial score (nSPS) is 20.9. The molecule has 2 heterocycles. The Bertz CT molecular complexity index is 383. The Morgan fingerprint density at radius 3 is 3.00 bits per heavy atom. The number of hydrogen-bond acceptors (Lipinski definition) is 2. The molecule has 0 saturated carbocycles. The van der Waals surface area contributed by atoms with Gasteiger partial charge in [-0.1, -0.05) is 0 Å². The molecular formula is C11H14BrNO3. The van der Waals surface area contributed by atoms with E-state index < -0.39 is 5.97 Å². The van der Waals surface area contributed by atoms with Gasteiger partial charge in [-0.05, 0) is 41.3 Å². The van der Waals surface area contributed by atoms with Crippen molar-refractivity contribution in [2.24, 2.45) is 0 Å². The van der Waals surface area contributed by atoms with Crippen LogP contribution in [0.3, 0.4) is 0 Å². The highest BCUT2D eigenvalue weighted by Crippen LogP contribution is 2.20. The van der Waals surface area contributed by atoms with Crippen LogP contribution in [0.4, 0.5) is 0 Å². The first-order valence-corrected chi connectivity index (χ1v) is 6.16. The molecule has 0 amide bonds. The molecule has 1 aliphatic rings. The fourth-order valence-corrected chi connectivity index (χ4v) is 2.40. The molecule has 1 N–H and O–H groups in total. The summed E-state index contributed by atoms with van der Waals surface area (Å²) in [6, 6.07) is 1.62. The lowest BCUT2D eigenvalue weighted by Gasteiger charge is -2.23. The smallest absolute Gasteiger partial charge is 0.337 e. The Balaban J connectivity index is 2.05. The molecule has 5 heteroatoms. The van der Waals surface area contributed by atoms with Crippen LogP contribution >= 0.6 is 15.9 Å². The van der Waals surface area contributed by atoms with Gasteiger partial charge in [-0.3, -0.25) is 0 Å². The average Bonchev–Trinajstić information content (AvgIpc) is 2.62. The highest BCUT2D eigenvalue weighted by Gasteiger charge is 2.17. The minimum absolute atomic E-state index is 0.207. The predicted molar refractivity (Wildman–Crippen MR) is 62.7 cm³/mol. The van der Waals surface area contributed by atoms with E-state index in [9.17, 15) is 4.79 Å². The second-order valence-corrected chi connectivity index (χ2v) is 4.81. The molecule has 1 atom stereocenters. The lowest BCUT2D eigenvalue weighted by atomic mass is 10.1. The van der Waals surface area contributed by atoms with E-state index in [-0.39, 0.29) is 6.10 Å². The summed E-state index contributed by atoms with van der Waals surface area (Å²) in [5.41, 5.74) is 0.308. The van der Waals surface area contributed by atoms with Crippen LogP contribution in [-0.4, -0.2) is 28.4 Å². The summed E-state index contributed by atoms with van der Waals surface area (Å²) in [7, 11) is 0. The lowest BCUT2D eigenvalue weighted by molar-refractivity contribution is 0.00568. The highest BCUT2D eigenvalue weighted by molar-refractivity contribution is 9.10. The molecule has 0 aliphatic carbocycles. The van der Waals surface area contributed by atoms with E-state index in [2.05, 4.69) is 15.9 Å². The Hall–Kier alpha value is -0.810. The zero-order chi connectivity index (χ0) is 11.5. The van der Waals surface area contributed by atoms with Crippen LogP contribution in [0.2, 0.25) is 0 Å². The van der Waals surface area contributed by atoms with Crippen LogP contribution < -0.4 is 0 Å². The largest absolute Gasteiger partial charge is 0.478 e. The van der Waals surface area contributed by atoms with Gasteiger partial charge >= 0.3 is 5.97 Å². The summed E-state index contributed by atoms with van der Waals surface area (Å²) in [6.07, 6.45) is 5.22. The second kappa shape index (κ2) is 5.01. The zero-order valence-electron chi connectivity index (χ0n) is 8.86. The van der Waals surface area contributed by atoms with E-state index in [1.807, 2.05) is 4.57 Å². The highest BCUT2D eigenvalue weighted by atomic mass is 79.9. The van der Waals surface area contributed by atoms with E-state index in [1.165, 1.54) is 6.42 Å². The Kier molecular flexibility index (Phi) is 3.66. The molecule has 1 fully saturated rings. The Labute approximate surface area is 102 Å². The molecule has 1 unspecified atom stereocenters. The van der Waals surface area contributed by atoms with Crippen LogP contribution in [0, 0.1) is 0 Å². The van der Waals surface area contributed by atoms with Crippen molar-refractivity contribution >= 4 is 21.9 Å². The second-order valence-electron chi connectivity index (χ2n) is 4.00. The number of carbonyl (C=O) groups is 1. The van der Waals surface area contributed by atoms with Crippen LogP contribution in [-0.2, 0) is 11.3 Å². The number of nitrogens with zero attached hydrogens (tertiary/aromatic N) is 1. The van der Waals surface area contributed by atoms with Crippen molar-refractivity contribution in [2.75, 3.05) is 6.61 Å². The maximum absolute atomic E-state index is 10.8. The maximum Gasteiger partial charge on any atom is 0.337 e. The van der Waals surface area contributed by atoms with Gasteiger partial charge < -0.3 is 14.4 Å². The molecule has 1 saturated heterocycles. The number of carboxylic acid groups (broad SMARTS) is 1. The van der Waals surface area contributed by atoms with Gasteiger partial charge in [0.15, 0.2) is 0 Å². The first-order chi connectivity index (χ1) is 7.66. The third-order valence-electron chi connectivity index (χ3n) is 2.77. The third kappa shape index (κ3) is 2.65. The third-order valence-corrected chi connectivity index (χ3v) is 3.45. The molecule has 4 nitrogen and oxygen atoms in total. The van der Waals surface area contributed by atoms with Crippen molar-refractivity contribution < 1.29 is 14.6 Å². The van der Waals surface area contributed by atoms with Gasteiger partial charge in [0.1, 0.15) is 0 Å². The van der Waals surface area contributed by atoms with Crippen molar-refractivity contribution in [1.29, 1.82) is 0 Å². The first-order valence-electron chi connectivity index (χ1n) is 5.37. The van der Waals surface area contributed by atoms with Gasteiger partial charge in [0.25, 0.3) is 0 Å². The number of carboxylic acids is 1. The monoisotopic (exact) mass is 287 g/mol. The summed E-state index contributed by atoms with van der Waals surface area (Å²) < 4.78 is 8.30. The van der Waals surface area contributed by atoms with E-state index in [4.69, 9.17) is 9.84 Å².